The molecule has 3 aromatic rings. The highest BCUT2D eigenvalue weighted by molar-refractivity contribution is 5.99. The molecule has 0 unspecified atom stereocenters. The lowest BCUT2D eigenvalue weighted by Gasteiger charge is -2.07. The molecule has 0 saturated carbocycles. The Hall–Kier alpha value is -3.15. The molecule has 0 atom stereocenters. The molecule has 114 valence electrons. The summed E-state index contributed by atoms with van der Waals surface area (Å²) in [7, 11) is 0. The first-order valence-corrected chi connectivity index (χ1v) is 7.32. The monoisotopic (exact) mass is 306 g/mol. The van der Waals surface area contributed by atoms with Gasteiger partial charge in [-0.25, -0.2) is 0 Å². The van der Waals surface area contributed by atoms with Crippen LogP contribution in [0.3, 0.4) is 0 Å². The van der Waals surface area contributed by atoms with Gasteiger partial charge in [-0.2, -0.15) is 5.10 Å². The quantitative estimate of drug-likeness (QED) is 0.693. The van der Waals surface area contributed by atoms with Crippen LogP contribution in [-0.2, 0) is 22.4 Å². The summed E-state index contributed by atoms with van der Waals surface area (Å²) in [4.78, 5) is 23.6. The lowest BCUT2D eigenvalue weighted by atomic mass is 10.1. The number of fused-ring (bicyclic) bond motifs is 2. The van der Waals surface area contributed by atoms with Gasteiger partial charge >= 0.3 is 0 Å². The van der Waals surface area contributed by atoms with E-state index in [0.717, 1.165) is 33.4 Å². The molecule has 3 N–H and O–H groups in total. The van der Waals surface area contributed by atoms with E-state index >= 15 is 0 Å². The minimum absolute atomic E-state index is 0.00513. The van der Waals surface area contributed by atoms with Crippen molar-refractivity contribution in [2.24, 2.45) is 0 Å². The number of rotatable bonds is 3. The van der Waals surface area contributed by atoms with Crippen LogP contribution < -0.4 is 10.6 Å². The van der Waals surface area contributed by atoms with Crippen molar-refractivity contribution in [2.75, 3.05) is 10.6 Å². The zero-order valence-corrected chi connectivity index (χ0v) is 12.2. The van der Waals surface area contributed by atoms with E-state index in [4.69, 9.17) is 0 Å². The van der Waals surface area contributed by atoms with Gasteiger partial charge in [0.1, 0.15) is 0 Å². The number of aromatic amines is 1. The minimum atomic E-state index is -0.0962. The van der Waals surface area contributed by atoms with Gasteiger partial charge in [0.2, 0.25) is 11.8 Å². The van der Waals surface area contributed by atoms with Crippen molar-refractivity contribution in [3.8, 4) is 0 Å². The van der Waals surface area contributed by atoms with Gasteiger partial charge in [0, 0.05) is 16.8 Å². The highest BCUT2D eigenvalue weighted by Gasteiger charge is 2.18. The van der Waals surface area contributed by atoms with E-state index < -0.39 is 0 Å². The second kappa shape index (κ2) is 5.24. The Kier molecular flexibility index (Phi) is 3.08. The summed E-state index contributed by atoms with van der Waals surface area (Å²) < 4.78 is 0. The largest absolute Gasteiger partial charge is 0.326 e. The van der Waals surface area contributed by atoms with Crippen LogP contribution in [-0.4, -0.2) is 22.0 Å². The molecule has 0 fully saturated rings. The topological polar surface area (TPSA) is 86.9 Å². The summed E-state index contributed by atoms with van der Waals surface area (Å²) >= 11 is 0. The zero-order valence-electron chi connectivity index (χ0n) is 12.2. The molecule has 0 aliphatic carbocycles. The molecule has 2 aromatic carbocycles. The predicted octanol–water partition coefficient (Wildman–Crippen LogP) is 2.24. The van der Waals surface area contributed by atoms with Gasteiger partial charge in [0.05, 0.1) is 24.6 Å². The Morgan fingerprint density at radius 2 is 2.13 bits per heavy atom. The lowest BCUT2D eigenvalue weighted by molar-refractivity contribution is -0.116. The Bertz CT molecular complexity index is 929. The highest BCUT2D eigenvalue weighted by atomic mass is 16.2. The molecule has 0 radical (unpaired) electrons. The van der Waals surface area contributed by atoms with Crippen LogP contribution in [0.1, 0.15) is 11.1 Å². The van der Waals surface area contributed by atoms with Crippen LogP contribution in [0.25, 0.3) is 10.9 Å². The standard InChI is InChI=1S/C17H14N4O2/c22-16(19-13-3-2-11-9-18-21-15(11)8-13)6-10-1-4-14-12(5-10)7-17(23)20-14/h1-5,8-9H,6-7H2,(H,18,21)(H,19,22)(H,20,23). The number of amides is 2. The maximum atomic E-state index is 12.2. The van der Waals surface area contributed by atoms with Crippen molar-refractivity contribution < 1.29 is 9.59 Å². The van der Waals surface area contributed by atoms with E-state index in [0.29, 0.717) is 6.42 Å². The van der Waals surface area contributed by atoms with Crippen molar-refractivity contribution in [3.63, 3.8) is 0 Å². The number of carbonyl (C=O) groups excluding carboxylic acids is 2. The van der Waals surface area contributed by atoms with Crippen LogP contribution in [0.15, 0.2) is 42.6 Å². The van der Waals surface area contributed by atoms with Crippen molar-refractivity contribution in [1.82, 2.24) is 10.2 Å². The van der Waals surface area contributed by atoms with Gasteiger partial charge in [-0.1, -0.05) is 12.1 Å². The number of nitrogens with zero attached hydrogens (tertiary/aromatic N) is 1. The summed E-state index contributed by atoms with van der Waals surface area (Å²) in [5, 5.41) is 13.5. The van der Waals surface area contributed by atoms with Gasteiger partial charge in [-0.3, -0.25) is 14.7 Å². The normalized spacial score (nSPS) is 13.0. The van der Waals surface area contributed by atoms with E-state index in [2.05, 4.69) is 20.8 Å². The zero-order chi connectivity index (χ0) is 15.8. The van der Waals surface area contributed by atoms with Crippen LogP contribution >= 0.6 is 0 Å². The molecule has 1 aliphatic heterocycles. The van der Waals surface area contributed by atoms with E-state index in [1.54, 1.807) is 6.20 Å². The first-order chi connectivity index (χ1) is 11.2. The van der Waals surface area contributed by atoms with E-state index in [1.165, 1.54) is 0 Å². The molecule has 1 aromatic heterocycles. The minimum Gasteiger partial charge on any atom is -0.326 e. The number of nitrogens with one attached hydrogen (secondary N) is 3. The van der Waals surface area contributed by atoms with Crippen molar-refractivity contribution in [2.45, 2.75) is 12.8 Å². The predicted molar refractivity (Wildman–Crippen MR) is 87.2 cm³/mol. The van der Waals surface area contributed by atoms with Gasteiger partial charge in [0.25, 0.3) is 0 Å². The number of anilines is 2. The molecule has 6 nitrogen and oxygen atoms in total. The fraction of sp³-hybridized carbons (Fsp3) is 0.118. The summed E-state index contributed by atoms with van der Waals surface area (Å²) in [5.74, 6) is -0.101. The molecule has 4 rings (SSSR count). The van der Waals surface area contributed by atoms with E-state index in [-0.39, 0.29) is 18.2 Å². The van der Waals surface area contributed by atoms with Gasteiger partial charge in [0.15, 0.2) is 0 Å². The molecular formula is C17H14N4O2. The van der Waals surface area contributed by atoms with Gasteiger partial charge in [-0.15, -0.1) is 0 Å². The maximum absolute atomic E-state index is 12.2. The first-order valence-electron chi connectivity index (χ1n) is 7.32. The number of H-pyrrole nitrogens is 1. The maximum Gasteiger partial charge on any atom is 0.228 e. The number of carbonyl (C=O) groups is 2. The SMILES string of the molecule is O=C(Cc1ccc2c(c1)CC(=O)N2)Nc1ccc2cn[nH]c2c1. The Morgan fingerprint density at radius 1 is 1.22 bits per heavy atom. The first kappa shape index (κ1) is 13.5. The molecule has 6 heteroatoms. The molecule has 1 aliphatic rings. The van der Waals surface area contributed by atoms with Gasteiger partial charge in [-0.05, 0) is 35.4 Å². The van der Waals surface area contributed by atoms with Crippen LogP contribution in [0.5, 0.6) is 0 Å². The molecule has 2 heterocycles. The second-order valence-electron chi connectivity index (χ2n) is 5.61. The summed E-state index contributed by atoms with van der Waals surface area (Å²) in [6.45, 7) is 0. The number of hydrogen-bond acceptors (Lipinski definition) is 3. The third kappa shape index (κ3) is 2.66. The van der Waals surface area contributed by atoms with Crippen molar-refractivity contribution in [3.05, 3.63) is 53.7 Å². The van der Waals surface area contributed by atoms with Crippen LogP contribution in [0, 0.1) is 0 Å². The lowest BCUT2D eigenvalue weighted by Crippen LogP contribution is -2.14. The second-order valence-corrected chi connectivity index (χ2v) is 5.61. The fourth-order valence-electron chi connectivity index (χ4n) is 2.80. The Balaban J connectivity index is 1.47. The average Bonchev–Trinajstić information content (AvgIpc) is 3.11. The Morgan fingerprint density at radius 3 is 3.04 bits per heavy atom. The van der Waals surface area contributed by atoms with Gasteiger partial charge < -0.3 is 10.6 Å². The summed E-state index contributed by atoms with van der Waals surface area (Å²) in [6, 6.07) is 11.2. The third-order valence-electron chi connectivity index (χ3n) is 3.89. The molecule has 0 saturated heterocycles. The highest BCUT2D eigenvalue weighted by Crippen LogP contribution is 2.24. The summed E-state index contributed by atoms with van der Waals surface area (Å²) in [6.07, 6.45) is 2.38. The Labute approximate surface area is 131 Å². The van der Waals surface area contributed by atoms with Crippen LogP contribution in [0.2, 0.25) is 0 Å². The van der Waals surface area contributed by atoms with Crippen molar-refractivity contribution >= 4 is 34.1 Å². The molecule has 0 bridgehead atoms. The van der Waals surface area contributed by atoms with Crippen molar-refractivity contribution in [1.29, 1.82) is 0 Å². The van der Waals surface area contributed by atoms with Crippen LogP contribution in [0.4, 0.5) is 11.4 Å². The fourth-order valence-corrected chi connectivity index (χ4v) is 2.80. The van der Waals surface area contributed by atoms with E-state index in [9.17, 15) is 9.59 Å². The molecule has 0 spiro atoms. The summed E-state index contributed by atoms with van der Waals surface area (Å²) in [5.41, 5.74) is 4.28. The number of hydrogen-bond donors (Lipinski definition) is 3. The smallest absolute Gasteiger partial charge is 0.228 e. The average molecular weight is 306 g/mol. The number of benzene rings is 2. The van der Waals surface area contributed by atoms with E-state index in [1.807, 2.05) is 36.4 Å². The molecule has 23 heavy (non-hydrogen) atoms. The molecular weight excluding hydrogens is 292 g/mol. The molecule has 2 amide bonds. The number of aromatic nitrogens is 2. The third-order valence-corrected chi connectivity index (χ3v) is 3.89.